The second-order valence-corrected chi connectivity index (χ2v) is 10.5. The molecule has 0 N–H and O–H groups in total. The molecule has 1 aromatic rings. The lowest BCUT2D eigenvalue weighted by Gasteiger charge is -2.23. The molecule has 1 radical (unpaired) electrons. The van der Waals surface area contributed by atoms with E-state index in [2.05, 4.69) is 39.8 Å². The summed E-state index contributed by atoms with van der Waals surface area (Å²) < 4.78 is 0. The van der Waals surface area contributed by atoms with Crippen LogP contribution >= 0.6 is 0 Å². The van der Waals surface area contributed by atoms with Gasteiger partial charge in [-0.25, -0.2) is 4.79 Å². The number of carbonyl (C=O) groups excluding carboxylic acids is 3. The summed E-state index contributed by atoms with van der Waals surface area (Å²) in [4.78, 5) is 39.7. The Hall–Kier alpha value is -1.95. The van der Waals surface area contributed by atoms with Gasteiger partial charge in [0.2, 0.25) is 0 Å². The maximum atomic E-state index is 11.9. The van der Waals surface area contributed by atoms with Gasteiger partial charge in [0.15, 0.2) is 0 Å². The largest absolute Gasteiger partial charge is 0.337 e. The van der Waals surface area contributed by atoms with E-state index in [0.29, 0.717) is 16.1 Å². The van der Waals surface area contributed by atoms with E-state index in [1.54, 1.807) is 0 Å². The van der Waals surface area contributed by atoms with Crippen LogP contribution in [0.2, 0.25) is 11.1 Å². The quantitative estimate of drug-likeness (QED) is 0.586. The van der Waals surface area contributed by atoms with Crippen LogP contribution in [-0.4, -0.2) is 31.6 Å². The van der Waals surface area contributed by atoms with Gasteiger partial charge in [-0.1, -0.05) is 57.1 Å². The van der Waals surface area contributed by atoms with Crippen molar-refractivity contribution in [2.24, 2.45) is 0 Å². The highest BCUT2D eigenvalue weighted by Crippen LogP contribution is 2.20. The fourth-order valence-corrected chi connectivity index (χ4v) is 6.33. The molecule has 1 aliphatic heterocycles. The van der Waals surface area contributed by atoms with Crippen LogP contribution in [0.4, 0.5) is 0 Å². The Balaban J connectivity index is 1.99. The van der Waals surface area contributed by atoms with Gasteiger partial charge in [0, 0.05) is 12.8 Å². The van der Waals surface area contributed by atoms with Crippen molar-refractivity contribution in [1.82, 2.24) is 5.06 Å². The minimum Gasteiger partial charge on any atom is -0.330 e. The zero-order valence-electron chi connectivity index (χ0n) is 14.7. The first kappa shape index (κ1) is 18.4. The van der Waals surface area contributed by atoms with E-state index in [1.807, 2.05) is 12.1 Å². The molecule has 0 aromatic heterocycles. The van der Waals surface area contributed by atoms with E-state index < -0.39 is 26.6 Å². The van der Waals surface area contributed by atoms with Gasteiger partial charge in [-0.3, -0.25) is 9.59 Å². The van der Waals surface area contributed by atoms with E-state index >= 15 is 0 Å². The average Bonchev–Trinajstić information content (AvgIpc) is 2.80. The van der Waals surface area contributed by atoms with E-state index in [0.717, 1.165) is 5.56 Å². The minimum absolute atomic E-state index is 0.0444. The van der Waals surface area contributed by atoms with Crippen molar-refractivity contribution in [3.05, 3.63) is 29.8 Å². The van der Waals surface area contributed by atoms with Gasteiger partial charge in [-0.15, -0.1) is 5.06 Å². The molecule has 1 aromatic carbocycles. The van der Waals surface area contributed by atoms with Crippen LogP contribution in [0.1, 0.15) is 46.1 Å². The fraction of sp³-hybridized carbons (Fsp3) is 0.500. The van der Waals surface area contributed by atoms with Crippen LogP contribution in [0.5, 0.6) is 0 Å². The van der Waals surface area contributed by atoms with Crippen LogP contribution in [0.25, 0.3) is 0 Å². The molecule has 0 saturated carbocycles. The van der Waals surface area contributed by atoms with Gasteiger partial charge < -0.3 is 4.84 Å². The zero-order valence-corrected chi connectivity index (χ0v) is 15.7. The molecule has 129 valence electrons. The maximum absolute atomic E-state index is 11.9. The third-order valence-corrected chi connectivity index (χ3v) is 7.57. The molecule has 5 nitrogen and oxygen atoms in total. The normalized spacial score (nSPS) is 15.0. The standard InChI is InChI=1S/C18H24NO4Si/c1-12(2)24(13(3)4)15-7-5-14(6-8-15)11-18(22)23-19-16(20)9-10-17(19)21/h5-8,12-13H,9-11H2,1-4H3. The predicted molar refractivity (Wildman–Crippen MR) is 92.9 cm³/mol. The van der Waals surface area contributed by atoms with Crippen molar-refractivity contribution >= 4 is 31.8 Å². The number of amides is 2. The van der Waals surface area contributed by atoms with Gasteiger partial charge in [-0.05, 0) is 16.6 Å². The highest BCUT2D eigenvalue weighted by molar-refractivity contribution is 6.75. The molecule has 0 spiro atoms. The van der Waals surface area contributed by atoms with E-state index in [-0.39, 0.29) is 19.3 Å². The lowest BCUT2D eigenvalue weighted by molar-refractivity contribution is -0.197. The van der Waals surface area contributed by atoms with Crippen molar-refractivity contribution in [1.29, 1.82) is 0 Å². The van der Waals surface area contributed by atoms with Crippen LogP contribution < -0.4 is 5.19 Å². The average molecular weight is 346 g/mol. The molecule has 6 heteroatoms. The highest BCUT2D eigenvalue weighted by atomic mass is 28.3. The van der Waals surface area contributed by atoms with E-state index in [4.69, 9.17) is 4.84 Å². The molecule has 1 saturated heterocycles. The van der Waals surface area contributed by atoms with Gasteiger partial charge in [0.25, 0.3) is 11.8 Å². The third-order valence-electron chi connectivity index (χ3n) is 4.08. The maximum Gasteiger partial charge on any atom is 0.337 e. The summed E-state index contributed by atoms with van der Waals surface area (Å²) in [6, 6.07) is 8.03. The molecule has 2 amide bonds. The Kier molecular flexibility index (Phi) is 5.93. The first-order valence-electron chi connectivity index (χ1n) is 8.32. The molecule has 0 bridgehead atoms. The number of hydrogen-bond acceptors (Lipinski definition) is 4. The number of imide groups is 1. The molecule has 1 fully saturated rings. The number of rotatable bonds is 6. The monoisotopic (exact) mass is 346 g/mol. The smallest absolute Gasteiger partial charge is 0.330 e. The molecule has 2 rings (SSSR count). The molecular weight excluding hydrogens is 322 g/mol. The Morgan fingerprint density at radius 3 is 2.00 bits per heavy atom. The third kappa shape index (κ3) is 4.32. The number of carbonyl (C=O) groups is 3. The van der Waals surface area contributed by atoms with Crippen LogP contribution in [0.3, 0.4) is 0 Å². The van der Waals surface area contributed by atoms with Crippen molar-refractivity contribution in [2.75, 3.05) is 0 Å². The number of hydroxylamine groups is 2. The highest BCUT2D eigenvalue weighted by Gasteiger charge is 2.32. The Morgan fingerprint density at radius 2 is 1.54 bits per heavy atom. The second-order valence-electron chi connectivity index (χ2n) is 6.68. The summed E-state index contributed by atoms with van der Waals surface area (Å²) in [7, 11) is -0.647. The van der Waals surface area contributed by atoms with Crippen molar-refractivity contribution in [3.63, 3.8) is 0 Å². The zero-order chi connectivity index (χ0) is 17.9. The van der Waals surface area contributed by atoms with Crippen LogP contribution in [-0.2, 0) is 25.6 Å². The molecule has 0 aliphatic carbocycles. The lowest BCUT2D eigenvalue weighted by Crippen LogP contribution is -2.36. The van der Waals surface area contributed by atoms with E-state index in [1.165, 1.54) is 5.19 Å². The number of benzene rings is 1. The topological polar surface area (TPSA) is 63.7 Å². The second kappa shape index (κ2) is 7.74. The summed E-state index contributed by atoms with van der Waals surface area (Å²) in [5.74, 6) is -1.50. The van der Waals surface area contributed by atoms with Gasteiger partial charge in [-0.2, -0.15) is 0 Å². The molecule has 0 unspecified atom stereocenters. The first-order valence-corrected chi connectivity index (χ1v) is 9.97. The Bertz CT molecular complexity index is 600. The summed E-state index contributed by atoms with van der Waals surface area (Å²) in [6.07, 6.45) is 0.259. The van der Waals surface area contributed by atoms with Gasteiger partial charge in [0.1, 0.15) is 0 Å². The van der Waals surface area contributed by atoms with Crippen molar-refractivity contribution < 1.29 is 19.2 Å². The first-order chi connectivity index (χ1) is 11.3. The Morgan fingerprint density at radius 1 is 1.04 bits per heavy atom. The van der Waals surface area contributed by atoms with Gasteiger partial charge in [0.05, 0.1) is 15.2 Å². The number of nitrogens with zero attached hydrogens (tertiary/aromatic N) is 1. The molecular formula is C18H24NO4Si. The molecule has 1 heterocycles. The SMILES string of the molecule is CC(C)[Si](c1ccc(CC(=O)ON2C(=O)CCC2=O)cc1)C(C)C. The van der Waals surface area contributed by atoms with Crippen molar-refractivity contribution in [2.45, 2.75) is 58.0 Å². The summed E-state index contributed by atoms with van der Waals surface area (Å²) in [5.41, 5.74) is 2.09. The van der Waals surface area contributed by atoms with Crippen LogP contribution in [0.15, 0.2) is 24.3 Å². The predicted octanol–water partition coefficient (Wildman–Crippen LogP) is 2.36. The van der Waals surface area contributed by atoms with Crippen molar-refractivity contribution in [3.8, 4) is 0 Å². The summed E-state index contributed by atoms with van der Waals surface area (Å²) >= 11 is 0. The molecule has 1 aliphatic rings. The fourth-order valence-electron chi connectivity index (χ4n) is 3.11. The lowest BCUT2D eigenvalue weighted by atomic mass is 10.1. The van der Waals surface area contributed by atoms with Gasteiger partial charge >= 0.3 is 5.97 Å². The minimum atomic E-state index is -0.647. The molecule has 24 heavy (non-hydrogen) atoms. The van der Waals surface area contributed by atoms with E-state index in [9.17, 15) is 14.4 Å². The van der Waals surface area contributed by atoms with Crippen LogP contribution in [0, 0.1) is 0 Å². The molecule has 0 atom stereocenters. The Labute approximate surface area is 144 Å². The summed E-state index contributed by atoms with van der Waals surface area (Å²) in [5, 5.41) is 1.95. The summed E-state index contributed by atoms with van der Waals surface area (Å²) in [6.45, 7) is 9.01. The number of hydrogen-bond donors (Lipinski definition) is 0.